The molecule has 6 rings (SSSR count). The summed E-state index contributed by atoms with van der Waals surface area (Å²) in [6.07, 6.45) is 6.07. The molecule has 2 nitrogen and oxygen atoms in total. The molecule has 32 heavy (non-hydrogen) atoms. The summed E-state index contributed by atoms with van der Waals surface area (Å²) in [5.41, 5.74) is 6.84. The minimum absolute atomic E-state index is 0.103. The molecular formula is C30H35NO. The van der Waals surface area contributed by atoms with Crippen molar-refractivity contribution in [2.75, 3.05) is 13.1 Å². The van der Waals surface area contributed by atoms with Crippen LogP contribution in [0.3, 0.4) is 0 Å². The molecule has 3 aliphatic heterocycles. The zero-order chi connectivity index (χ0) is 22.3. The molecule has 0 radical (unpaired) electrons. The second-order valence-electron chi connectivity index (χ2n) is 10.0. The first-order valence-corrected chi connectivity index (χ1v) is 12.1. The predicted octanol–water partition coefficient (Wildman–Crippen LogP) is 6.26. The summed E-state index contributed by atoms with van der Waals surface area (Å²) < 4.78 is 0. The number of piperidine rings is 3. The molecule has 0 saturated carbocycles. The lowest BCUT2D eigenvalue weighted by Crippen LogP contribution is -2.67. The Morgan fingerprint density at radius 1 is 0.938 bits per heavy atom. The number of aliphatic hydroxyl groups is 1. The van der Waals surface area contributed by atoms with Crippen molar-refractivity contribution in [1.29, 1.82) is 0 Å². The van der Waals surface area contributed by atoms with Crippen molar-refractivity contribution >= 4 is 0 Å². The van der Waals surface area contributed by atoms with Crippen LogP contribution in [-0.2, 0) is 0 Å². The molecule has 1 aliphatic carbocycles. The van der Waals surface area contributed by atoms with Gasteiger partial charge in [0.2, 0.25) is 0 Å². The highest BCUT2D eigenvalue weighted by atomic mass is 16.3. The molecule has 166 valence electrons. The minimum atomic E-state index is -0.565. The van der Waals surface area contributed by atoms with E-state index in [4.69, 9.17) is 0 Å². The molecule has 3 heterocycles. The third-order valence-corrected chi connectivity index (χ3v) is 8.35. The van der Waals surface area contributed by atoms with E-state index in [2.05, 4.69) is 92.1 Å². The van der Waals surface area contributed by atoms with E-state index in [1.807, 2.05) is 0 Å². The topological polar surface area (TPSA) is 23.5 Å². The van der Waals surface area contributed by atoms with Crippen LogP contribution < -0.4 is 0 Å². The van der Waals surface area contributed by atoms with E-state index in [9.17, 15) is 5.11 Å². The van der Waals surface area contributed by atoms with Gasteiger partial charge in [-0.05, 0) is 92.0 Å². The molecule has 2 aromatic rings. The highest BCUT2D eigenvalue weighted by Gasteiger charge is 2.56. The molecule has 3 fully saturated rings. The Hall–Kier alpha value is -2.42. The van der Waals surface area contributed by atoms with E-state index < -0.39 is 6.10 Å². The summed E-state index contributed by atoms with van der Waals surface area (Å²) in [6.45, 7) is 10.8. The Bertz CT molecular complexity index is 1000. The van der Waals surface area contributed by atoms with Crippen molar-refractivity contribution < 1.29 is 5.11 Å². The molecule has 0 aromatic heterocycles. The standard InChI is InChI=1S/C30H35NO/c1-21-14-15-22(2)27(23(21)3)29(32)30(20-24-16-18-31(30)19-17-24)28(25-10-6-4-7-11-25)26-12-8-5-9-13-26/h4-13,15,24,28-29,32H,1,14,16-20H2,2-3H3. The lowest BCUT2D eigenvalue weighted by atomic mass is 9.59. The van der Waals surface area contributed by atoms with Crippen LogP contribution in [0.4, 0.5) is 0 Å². The molecular weight excluding hydrogens is 390 g/mol. The summed E-state index contributed by atoms with van der Waals surface area (Å²) >= 11 is 0. The zero-order valence-corrected chi connectivity index (χ0v) is 19.4. The SMILES string of the molecule is C=C1CC=C(C)C(C(O)C2(C(c3ccccc3)c3ccccc3)CC3CCN2CC3)=C1C. The van der Waals surface area contributed by atoms with Crippen LogP contribution in [0, 0.1) is 5.92 Å². The third kappa shape index (κ3) is 3.41. The maximum atomic E-state index is 12.4. The van der Waals surface area contributed by atoms with Crippen LogP contribution in [0.25, 0.3) is 0 Å². The molecule has 3 saturated heterocycles. The number of allylic oxidation sites excluding steroid dienone is 3. The van der Waals surface area contributed by atoms with Gasteiger partial charge in [0.15, 0.2) is 0 Å². The second kappa shape index (κ2) is 8.50. The van der Waals surface area contributed by atoms with Gasteiger partial charge in [-0.1, -0.05) is 73.3 Å². The second-order valence-corrected chi connectivity index (χ2v) is 10.0. The summed E-state index contributed by atoms with van der Waals surface area (Å²) in [5, 5.41) is 12.4. The van der Waals surface area contributed by atoms with Gasteiger partial charge in [0.1, 0.15) is 0 Å². The van der Waals surface area contributed by atoms with E-state index in [1.54, 1.807) is 0 Å². The fourth-order valence-electron chi connectivity index (χ4n) is 6.64. The number of benzene rings is 2. The smallest absolute Gasteiger partial charge is 0.0988 e. The number of hydrogen-bond donors (Lipinski definition) is 1. The molecule has 2 heteroatoms. The molecule has 2 bridgehead atoms. The molecule has 2 atom stereocenters. The highest BCUT2D eigenvalue weighted by molar-refractivity contribution is 5.52. The van der Waals surface area contributed by atoms with Gasteiger partial charge in [0, 0.05) is 5.92 Å². The number of fused-ring (bicyclic) bond motifs is 3. The number of rotatable bonds is 5. The highest BCUT2D eigenvalue weighted by Crippen LogP contribution is 2.53. The van der Waals surface area contributed by atoms with Gasteiger partial charge >= 0.3 is 0 Å². The summed E-state index contributed by atoms with van der Waals surface area (Å²) in [5.74, 6) is 0.771. The first kappa shape index (κ1) is 21.4. The van der Waals surface area contributed by atoms with Crippen LogP contribution in [0.1, 0.15) is 56.6 Å². The molecule has 1 N–H and O–H groups in total. The van der Waals surface area contributed by atoms with E-state index >= 15 is 0 Å². The van der Waals surface area contributed by atoms with E-state index in [1.165, 1.54) is 35.1 Å². The van der Waals surface area contributed by atoms with Crippen molar-refractivity contribution in [2.45, 2.75) is 57.1 Å². The summed E-state index contributed by atoms with van der Waals surface area (Å²) in [4.78, 5) is 2.63. The zero-order valence-electron chi connectivity index (χ0n) is 19.4. The van der Waals surface area contributed by atoms with Crippen molar-refractivity contribution in [3.05, 3.63) is 107 Å². The van der Waals surface area contributed by atoms with Crippen LogP contribution in [-0.4, -0.2) is 34.7 Å². The predicted molar refractivity (Wildman–Crippen MR) is 133 cm³/mol. The largest absolute Gasteiger partial charge is 0.386 e. The maximum absolute atomic E-state index is 12.4. The number of aliphatic hydroxyl groups excluding tert-OH is 1. The van der Waals surface area contributed by atoms with Crippen molar-refractivity contribution in [1.82, 2.24) is 4.90 Å². The lowest BCUT2D eigenvalue weighted by Gasteiger charge is -2.60. The Balaban J connectivity index is 1.74. The minimum Gasteiger partial charge on any atom is -0.386 e. The quantitative estimate of drug-likeness (QED) is 0.611. The van der Waals surface area contributed by atoms with Gasteiger partial charge in [-0.15, -0.1) is 0 Å². The van der Waals surface area contributed by atoms with Gasteiger partial charge in [-0.25, -0.2) is 0 Å². The summed E-state index contributed by atoms with van der Waals surface area (Å²) in [7, 11) is 0. The maximum Gasteiger partial charge on any atom is 0.0988 e. The Labute approximate surface area is 193 Å². The van der Waals surface area contributed by atoms with E-state index in [-0.39, 0.29) is 11.5 Å². The average molecular weight is 426 g/mol. The van der Waals surface area contributed by atoms with Gasteiger partial charge in [-0.2, -0.15) is 0 Å². The van der Waals surface area contributed by atoms with Gasteiger partial charge in [-0.3, -0.25) is 4.90 Å². The first-order chi connectivity index (χ1) is 15.5. The fraction of sp³-hybridized carbons (Fsp3) is 0.400. The molecule has 0 amide bonds. The summed E-state index contributed by atoms with van der Waals surface area (Å²) in [6, 6.07) is 21.7. The molecule has 0 spiro atoms. The van der Waals surface area contributed by atoms with Crippen molar-refractivity contribution in [3.63, 3.8) is 0 Å². The van der Waals surface area contributed by atoms with Crippen molar-refractivity contribution in [2.24, 2.45) is 5.92 Å². The van der Waals surface area contributed by atoms with Gasteiger partial charge < -0.3 is 5.11 Å². The fourth-order valence-corrected chi connectivity index (χ4v) is 6.64. The van der Waals surface area contributed by atoms with Crippen LogP contribution in [0.15, 0.2) is 95.6 Å². The van der Waals surface area contributed by atoms with Crippen LogP contribution in [0.5, 0.6) is 0 Å². The van der Waals surface area contributed by atoms with Gasteiger partial charge in [0.05, 0.1) is 11.6 Å². The normalized spacial score (nSPS) is 28.8. The van der Waals surface area contributed by atoms with Crippen LogP contribution >= 0.6 is 0 Å². The first-order valence-electron chi connectivity index (χ1n) is 12.1. The van der Waals surface area contributed by atoms with Crippen molar-refractivity contribution in [3.8, 4) is 0 Å². The molecule has 4 aliphatic rings. The Kier molecular flexibility index (Phi) is 5.69. The van der Waals surface area contributed by atoms with Crippen LogP contribution in [0.2, 0.25) is 0 Å². The molecule has 2 aromatic carbocycles. The monoisotopic (exact) mass is 425 g/mol. The Morgan fingerprint density at radius 2 is 1.50 bits per heavy atom. The Morgan fingerprint density at radius 3 is 2.00 bits per heavy atom. The van der Waals surface area contributed by atoms with Gasteiger partial charge in [0.25, 0.3) is 0 Å². The lowest BCUT2D eigenvalue weighted by molar-refractivity contribution is -0.0979. The molecule has 2 unspecified atom stereocenters. The van der Waals surface area contributed by atoms with E-state index in [0.717, 1.165) is 37.1 Å². The number of hydrogen-bond acceptors (Lipinski definition) is 2. The third-order valence-electron chi connectivity index (χ3n) is 8.35. The van der Waals surface area contributed by atoms with E-state index in [0.29, 0.717) is 5.92 Å². The number of nitrogens with zero attached hydrogens (tertiary/aromatic N) is 1. The average Bonchev–Trinajstić information content (AvgIpc) is 2.84.